The van der Waals surface area contributed by atoms with Crippen LogP contribution in [0.2, 0.25) is 0 Å². The van der Waals surface area contributed by atoms with Crippen molar-refractivity contribution in [2.24, 2.45) is 15.9 Å². The summed E-state index contributed by atoms with van der Waals surface area (Å²) in [7, 11) is -2.10. The zero-order valence-electron chi connectivity index (χ0n) is 20.0. The summed E-state index contributed by atoms with van der Waals surface area (Å²) >= 11 is 1.12. The Morgan fingerprint density at radius 1 is 1.25 bits per heavy atom. The number of anilines is 2. The Labute approximate surface area is 212 Å². The van der Waals surface area contributed by atoms with E-state index in [0.29, 0.717) is 45.9 Å². The molecule has 0 bridgehead atoms. The second-order valence-corrected chi connectivity index (χ2v) is 10.8. The first kappa shape index (κ1) is 25.4. The molecule has 0 aliphatic heterocycles. The number of nitrogen functional groups attached to an aromatic ring is 1. The quantitative estimate of drug-likeness (QED) is 0.254. The molecule has 1 aromatic carbocycles. The molecule has 0 aliphatic rings. The van der Waals surface area contributed by atoms with Gasteiger partial charge in [-0.25, -0.2) is 18.5 Å². The lowest BCUT2D eigenvalue weighted by Crippen LogP contribution is -2.12. The summed E-state index contributed by atoms with van der Waals surface area (Å²) in [5.74, 6) is 1.25. The van der Waals surface area contributed by atoms with Gasteiger partial charge in [-0.15, -0.1) is 11.3 Å². The third-order valence-electron chi connectivity index (χ3n) is 5.77. The van der Waals surface area contributed by atoms with Gasteiger partial charge in [0, 0.05) is 36.3 Å². The van der Waals surface area contributed by atoms with Crippen LogP contribution in [0, 0.1) is 13.8 Å². The third kappa shape index (κ3) is 4.83. The lowest BCUT2D eigenvalue weighted by atomic mass is 10.0. The maximum absolute atomic E-state index is 12.0. The minimum absolute atomic E-state index is 0.0574. The molecule has 0 unspecified atom stereocenters. The van der Waals surface area contributed by atoms with E-state index >= 15 is 0 Å². The summed E-state index contributed by atoms with van der Waals surface area (Å²) in [5, 5.41) is 9.09. The number of hydrogen-bond acceptors (Lipinski definition) is 9. The smallest absolute Gasteiger partial charge is 0.260 e. The van der Waals surface area contributed by atoms with Crippen molar-refractivity contribution in [1.29, 1.82) is 0 Å². The van der Waals surface area contributed by atoms with Crippen molar-refractivity contribution in [2.45, 2.75) is 25.2 Å². The van der Waals surface area contributed by atoms with Crippen molar-refractivity contribution in [3.63, 3.8) is 0 Å². The predicted octanol–water partition coefficient (Wildman–Crippen LogP) is 3.20. The van der Waals surface area contributed by atoms with Crippen LogP contribution in [-0.2, 0) is 16.4 Å². The number of pyridine rings is 1. The fourth-order valence-corrected chi connectivity index (χ4v) is 5.33. The summed E-state index contributed by atoms with van der Waals surface area (Å²) in [4.78, 5) is 21.8. The minimum atomic E-state index is -3.75. The fraction of sp³-hybridized carbons (Fsp3) is 0.208. The number of nitrogens with zero attached hydrogens (tertiary/aromatic N) is 2. The van der Waals surface area contributed by atoms with Gasteiger partial charge in [-0.3, -0.25) is 9.79 Å². The van der Waals surface area contributed by atoms with Gasteiger partial charge in [0.1, 0.15) is 27.0 Å². The van der Waals surface area contributed by atoms with Gasteiger partial charge < -0.3 is 21.2 Å². The van der Waals surface area contributed by atoms with Gasteiger partial charge in [-0.2, -0.15) is 0 Å². The molecule has 1 amide bonds. The number of primary sulfonamides is 1. The van der Waals surface area contributed by atoms with Crippen LogP contribution in [0.3, 0.4) is 0 Å². The number of primary amides is 1. The number of thiophene rings is 1. The van der Waals surface area contributed by atoms with E-state index in [1.807, 2.05) is 19.9 Å². The van der Waals surface area contributed by atoms with Gasteiger partial charge in [0.25, 0.3) is 5.91 Å². The monoisotopic (exact) mass is 526 g/mol. The number of aryl methyl sites for hydroxylation is 2. The maximum atomic E-state index is 12.0. The van der Waals surface area contributed by atoms with Gasteiger partial charge in [0.15, 0.2) is 0 Å². The van der Waals surface area contributed by atoms with E-state index in [4.69, 9.17) is 26.0 Å². The molecule has 3 heterocycles. The van der Waals surface area contributed by atoms with Gasteiger partial charge in [-0.1, -0.05) is 12.1 Å². The largest absolute Gasteiger partial charge is 0.461 e. The van der Waals surface area contributed by atoms with E-state index in [2.05, 4.69) is 10.3 Å². The molecule has 3 aromatic heterocycles. The van der Waals surface area contributed by atoms with Crippen LogP contribution in [0.5, 0.6) is 0 Å². The number of sulfonamides is 1. The minimum Gasteiger partial charge on any atom is -0.461 e. The Bertz CT molecular complexity index is 1580. The van der Waals surface area contributed by atoms with Crippen LogP contribution in [0.25, 0.3) is 21.5 Å². The Balaban J connectivity index is 1.78. The van der Waals surface area contributed by atoms with Gasteiger partial charge in [-0.05, 0) is 49.6 Å². The lowest BCUT2D eigenvalue weighted by molar-refractivity contribution is 0.100. The third-order valence-corrected chi connectivity index (χ3v) is 7.81. The molecule has 4 aromatic rings. The molecule has 4 rings (SSSR count). The van der Waals surface area contributed by atoms with Crippen molar-refractivity contribution < 1.29 is 17.6 Å². The van der Waals surface area contributed by atoms with Crippen LogP contribution in [0.1, 0.15) is 32.1 Å². The van der Waals surface area contributed by atoms with Gasteiger partial charge in [0.2, 0.25) is 10.0 Å². The van der Waals surface area contributed by atoms with Crippen LogP contribution < -0.4 is 21.9 Å². The molecule has 0 spiro atoms. The molecule has 36 heavy (non-hydrogen) atoms. The van der Waals surface area contributed by atoms with Crippen LogP contribution in [0.4, 0.5) is 11.5 Å². The first-order valence-electron chi connectivity index (χ1n) is 10.9. The summed E-state index contributed by atoms with van der Waals surface area (Å²) in [5.41, 5.74) is 15.4. The van der Waals surface area contributed by atoms with E-state index in [0.717, 1.165) is 28.2 Å². The Kier molecular flexibility index (Phi) is 6.85. The molecule has 0 fully saturated rings. The van der Waals surface area contributed by atoms with Crippen LogP contribution >= 0.6 is 11.3 Å². The molecule has 0 aliphatic carbocycles. The number of aliphatic imine (C=N–C) groups is 1. The number of aromatic nitrogens is 1. The molecule has 0 saturated carbocycles. The lowest BCUT2D eigenvalue weighted by Gasteiger charge is -2.14. The van der Waals surface area contributed by atoms with Crippen LogP contribution in [0.15, 0.2) is 44.6 Å². The molecule has 188 valence electrons. The number of nitrogens with two attached hydrogens (primary N) is 3. The number of nitrogens with one attached hydrogen (secondary N) is 1. The van der Waals surface area contributed by atoms with E-state index in [9.17, 15) is 13.2 Å². The number of carbonyl (C=O) groups is 1. The number of carbonyl (C=O) groups excluding carboxylic acids is 1. The van der Waals surface area contributed by atoms with E-state index in [1.165, 1.54) is 12.1 Å². The standard InChI is InChI=1S/C24H26N6O4S2/c1-12-10-17(34-13(12)2)18-16(11-28-3)23(30-24-19(18)20(25)21(35-24)22(26)31)29-9-8-14-4-6-15(7-5-14)36(27,32)33/h4-7,10-11H,8-9,25H2,1-3H3,(H2,26,31)(H,29,30)(H2,27,32,33). The normalized spacial score (nSPS) is 12.0. The summed E-state index contributed by atoms with van der Waals surface area (Å²) in [6.07, 6.45) is 2.25. The van der Waals surface area contributed by atoms with Crippen molar-refractivity contribution in [2.75, 3.05) is 24.6 Å². The highest BCUT2D eigenvalue weighted by Gasteiger charge is 2.25. The summed E-state index contributed by atoms with van der Waals surface area (Å²) in [6, 6.07) is 8.29. The second-order valence-electron chi connectivity index (χ2n) is 8.24. The number of benzene rings is 1. The number of hydrogen-bond donors (Lipinski definition) is 4. The van der Waals surface area contributed by atoms with E-state index in [1.54, 1.807) is 25.4 Å². The van der Waals surface area contributed by atoms with Crippen molar-refractivity contribution in [3.8, 4) is 11.3 Å². The van der Waals surface area contributed by atoms with Gasteiger partial charge in [0.05, 0.1) is 10.6 Å². The number of furan rings is 1. The van der Waals surface area contributed by atoms with Crippen LogP contribution in [-0.4, -0.2) is 39.1 Å². The topological polar surface area (TPSA) is 180 Å². The molecule has 12 heteroatoms. The molecule has 0 radical (unpaired) electrons. The first-order chi connectivity index (χ1) is 17.0. The zero-order chi connectivity index (χ0) is 26.2. The highest BCUT2D eigenvalue weighted by Crippen LogP contribution is 2.43. The Morgan fingerprint density at radius 3 is 2.50 bits per heavy atom. The molecule has 7 N–H and O–H groups in total. The predicted molar refractivity (Wildman–Crippen MR) is 143 cm³/mol. The van der Waals surface area contributed by atoms with Gasteiger partial charge >= 0.3 is 0 Å². The second kappa shape index (κ2) is 9.72. The van der Waals surface area contributed by atoms with E-state index in [-0.39, 0.29) is 15.5 Å². The SMILES string of the molecule is CN=Cc1c(NCCc2ccc(S(N)(=O)=O)cc2)nc2sc(C(N)=O)c(N)c2c1-c1cc(C)c(C)o1. The molecule has 0 saturated heterocycles. The molecular weight excluding hydrogens is 500 g/mol. The molecule has 10 nitrogen and oxygen atoms in total. The Hall–Kier alpha value is -3.74. The Morgan fingerprint density at radius 2 is 1.94 bits per heavy atom. The summed E-state index contributed by atoms with van der Waals surface area (Å²) in [6.45, 7) is 4.30. The zero-order valence-corrected chi connectivity index (χ0v) is 21.6. The van der Waals surface area contributed by atoms with Crippen molar-refractivity contribution in [1.82, 2.24) is 4.98 Å². The molecule has 0 atom stereocenters. The average Bonchev–Trinajstić information content (AvgIpc) is 3.32. The number of fused-ring (bicyclic) bond motifs is 1. The maximum Gasteiger partial charge on any atom is 0.260 e. The van der Waals surface area contributed by atoms with Crippen molar-refractivity contribution >= 4 is 55.2 Å². The highest BCUT2D eigenvalue weighted by atomic mass is 32.2. The summed E-state index contributed by atoms with van der Waals surface area (Å²) < 4.78 is 29.0. The average molecular weight is 527 g/mol. The van der Waals surface area contributed by atoms with Crippen molar-refractivity contribution in [3.05, 3.63) is 57.7 Å². The first-order valence-corrected chi connectivity index (χ1v) is 13.3. The highest BCUT2D eigenvalue weighted by molar-refractivity contribution is 7.89. The fourth-order valence-electron chi connectivity index (χ4n) is 3.86. The molecular formula is C24H26N6O4S2. The number of rotatable bonds is 8. The number of amides is 1. The van der Waals surface area contributed by atoms with E-state index < -0.39 is 15.9 Å².